The van der Waals surface area contributed by atoms with Crippen LogP contribution in [0.4, 0.5) is 0 Å². The van der Waals surface area contributed by atoms with E-state index in [1.54, 1.807) is 6.92 Å². The van der Waals surface area contributed by atoms with E-state index in [1.165, 1.54) is 0 Å². The van der Waals surface area contributed by atoms with E-state index in [-0.39, 0.29) is 11.8 Å². The highest BCUT2D eigenvalue weighted by atomic mass is 16.5. The number of ketones is 1. The Morgan fingerprint density at radius 2 is 1.78 bits per heavy atom. The van der Waals surface area contributed by atoms with Crippen LogP contribution in [-0.4, -0.2) is 18.4 Å². The molecule has 3 nitrogen and oxygen atoms in total. The summed E-state index contributed by atoms with van der Waals surface area (Å²) in [4.78, 5) is 24.7. The summed E-state index contributed by atoms with van der Waals surface area (Å²) in [5, 5.41) is 0. The number of hydrogen-bond donors (Lipinski definition) is 0. The standard InChI is InChI=1S/C15H26O3/c1-7-18-13(17)15(12(16)14(4,5)6)8-11(9-15)10(2)3/h10-11H,7-9H2,1-6H3. The van der Waals surface area contributed by atoms with Gasteiger partial charge in [0.25, 0.3) is 0 Å². The average molecular weight is 254 g/mol. The summed E-state index contributed by atoms with van der Waals surface area (Å²) >= 11 is 0. The van der Waals surface area contributed by atoms with Crippen molar-refractivity contribution in [3.63, 3.8) is 0 Å². The zero-order valence-corrected chi connectivity index (χ0v) is 12.5. The minimum Gasteiger partial charge on any atom is -0.465 e. The van der Waals surface area contributed by atoms with Crippen LogP contribution in [0.3, 0.4) is 0 Å². The van der Waals surface area contributed by atoms with Crippen LogP contribution in [-0.2, 0) is 14.3 Å². The molecule has 0 heterocycles. The summed E-state index contributed by atoms with van der Waals surface area (Å²) in [7, 11) is 0. The maximum absolute atomic E-state index is 12.6. The highest BCUT2D eigenvalue weighted by Gasteiger charge is 2.59. The van der Waals surface area contributed by atoms with Gasteiger partial charge in [-0.25, -0.2) is 0 Å². The number of hydrogen-bond acceptors (Lipinski definition) is 3. The molecule has 104 valence electrons. The highest BCUT2D eigenvalue weighted by Crippen LogP contribution is 2.53. The first-order valence-electron chi connectivity index (χ1n) is 6.87. The van der Waals surface area contributed by atoms with Crippen LogP contribution >= 0.6 is 0 Å². The molecule has 3 heteroatoms. The van der Waals surface area contributed by atoms with Gasteiger partial charge in [0.2, 0.25) is 0 Å². The van der Waals surface area contributed by atoms with Gasteiger partial charge in [0, 0.05) is 5.41 Å². The smallest absolute Gasteiger partial charge is 0.319 e. The van der Waals surface area contributed by atoms with Crippen LogP contribution in [0.25, 0.3) is 0 Å². The van der Waals surface area contributed by atoms with E-state index in [4.69, 9.17) is 4.74 Å². The van der Waals surface area contributed by atoms with Crippen LogP contribution in [0.5, 0.6) is 0 Å². The lowest BCUT2D eigenvalue weighted by atomic mass is 9.53. The van der Waals surface area contributed by atoms with Gasteiger partial charge in [0.15, 0.2) is 5.78 Å². The van der Waals surface area contributed by atoms with Crippen molar-refractivity contribution in [2.75, 3.05) is 6.61 Å². The first-order chi connectivity index (χ1) is 8.15. The quantitative estimate of drug-likeness (QED) is 0.571. The van der Waals surface area contributed by atoms with Gasteiger partial charge in [-0.1, -0.05) is 34.6 Å². The van der Waals surface area contributed by atoms with E-state index in [0.717, 1.165) is 0 Å². The first kappa shape index (κ1) is 15.2. The molecule has 1 aliphatic carbocycles. The van der Waals surface area contributed by atoms with Gasteiger partial charge in [-0.3, -0.25) is 9.59 Å². The van der Waals surface area contributed by atoms with Crippen LogP contribution in [0.15, 0.2) is 0 Å². The predicted molar refractivity (Wildman–Crippen MR) is 71.1 cm³/mol. The van der Waals surface area contributed by atoms with Crippen molar-refractivity contribution in [1.29, 1.82) is 0 Å². The number of esters is 1. The molecule has 0 aromatic rings. The Kier molecular flexibility index (Phi) is 4.24. The molecule has 1 saturated carbocycles. The monoisotopic (exact) mass is 254 g/mol. The minimum absolute atomic E-state index is 0.0327. The van der Waals surface area contributed by atoms with Crippen LogP contribution < -0.4 is 0 Å². The Bertz CT molecular complexity index is 330. The lowest BCUT2D eigenvalue weighted by Gasteiger charge is -2.48. The Hall–Kier alpha value is -0.860. The number of Topliss-reactive ketones (excluding diaryl/α,β-unsaturated/α-hetero) is 1. The van der Waals surface area contributed by atoms with E-state index in [0.29, 0.717) is 31.3 Å². The molecule has 0 amide bonds. The highest BCUT2D eigenvalue weighted by molar-refractivity contribution is 6.07. The zero-order chi connectivity index (χ0) is 14.1. The molecule has 0 aliphatic heterocycles. The second-order valence-corrected chi connectivity index (χ2v) is 6.79. The third-order valence-electron chi connectivity index (χ3n) is 3.95. The fourth-order valence-electron chi connectivity index (χ4n) is 2.74. The molecule has 0 spiro atoms. The number of carbonyl (C=O) groups is 2. The molecule has 0 atom stereocenters. The molecule has 1 rings (SSSR count). The summed E-state index contributed by atoms with van der Waals surface area (Å²) in [6.45, 7) is 12.0. The van der Waals surface area contributed by atoms with Gasteiger partial charge < -0.3 is 4.74 Å². The van der Waals surface area contributed by atoms with E-state index in [1.807, 2.05) is 20.8 Å². The average Bonchev–Trinajstić information content (AvgIpc) is 2.14. The normalized spacial score (nSPS) is 27.8. The fourth-order valence-corrected chi connectivity index (χ4v) is 2.74. The molecular weight excluding hydrogens is 228 g/mol. The summed E-state index contributed by atoms with van der Waals surface area (Å²) < 4.78 is 5.13. The van der Waals surface area contributed by atoms with Gasteiger partial charge in [0.05, 0.1) is 6.61 Å². The molecule has 0 radical (unpaired) electrons. The lowest BCUT2D eigenvalue weighted by Crippen LogP contribution is -2.55. The molecule has 0 bridgehead atoms. The minimum atomic E-state index is -0.872. The molecule has 0 aromatic carbocycles. The van der Waals surface area contributed by atoms with E-state index in [2.05, 4.69) is 13.8 Å². The zero-order valence-electron chi connectivity index (χ0n) is 12.5. The fraction of sp³-hybridized carbons (Fsp3) is 0.867. The maximum Gasteiger partial charge on any atom is 0.319 e. The van der Waals surface area contributed by atoms with E-state index >= 15 is 0 Å². The molecule has 0 N–H and O–H groups in total. The van der Waals surface area contributed by atoms with Gasteiger partial charge in [0.1, 0.15) is 5.41 Å². The summed E-state index contributed by atoms with van der Waals surface area (Å²) in [6, 6.07) is 0. The van der Waals surface area contributed by atoms with E-state index < -0.39 is 10.8 Å². The molecule has 0 saturated heterocycles. The van der Waals surface area contributed by atoms with Crippen molar-refractivity contribution >= 4 is 11.8 Å². The van der Waals surface area contributed by atoms with Crippen molar-refractivity contribution in [3.05, 3.63) is 0 Å². The summed E-state index contributed by atoms with van der Waals surface area (Å²) in [6.07, 6.45) is 1.30. The molecular formula is C15H26O3. The molecule has 0 unspecified atom stereocenters. The van der Waals surface area contributed by atoms with Crippen molar-refractivity contribution < 1.29 is 14.3 Å². The van der Waals surface area contributed by atoms with Crippen LogP contribution in [0.2, 0.25) is 0 Å². The van der Waals surface area contributed by atoms with Crippen molar-refractivity contribution in [1.82, 2.24) is 0 Å². The number of ether oxygens (including phenoxy) is 1. The molecule has 18 heavy (non-hydrogen) atoms. The number of carbonyl (C=O) groups excluding carboxylic acids is 2. The number of rotatable bonds is 4. The first-order valence-corrected chi connectivity index (χ1v) is 6.87. The largest absolute Gasteiger partial charge is 0.465 e. The molecule has 1 fully saturated rings. The van der Waals surface area contributed by atoms with E-state index in [9.17, 15) is 9.59 Å². The Morgan fingerprint density at radius 3 is 2.11 bits per heavy atom. The molecule has 1 aliphatic rings. The maximum atomic E-state index is 12.6. The third-order valence-corrected chi connectivity index (χ3v) is 3.95. The van der Waals surface area contributed by atoms with Gasteiger partial charge in [-0.15, -0.1) is 0 Å². The van der Waals surface area contributed by atoms with Gasteiger partial charge in [-0.2, -0.15) is 0 Å². The van der Waals surface area contributed by atoms with Gasteiger partial charge >= 0.3 is 5.97 Å². The van der Waals surface area contributed by atoms with Crippen molar-refractivity contribution in [3.8, 4) is 0 Å². The SMILES string of the molecule is CCOC(=O)C1(C(=O)C(C)(C)C)CC(C(C)C)C1. The van der Waals surface area contributed by atoms with Crippen LogP contribution in [0.1, 0.15) is 54.4 Å². The van der Waals surface area contributed by atoms with Crippen molar-refractivity contribution in [2.45, 2.75) is 54.4 Å². The second kappa shape index (κ2) is 5.02. The topological polar surface area (TPSA) is 43.4 Å². The molecule has 0 aromatic heterocycles. The summed E-state index contributed by atoms with van der Waals surface area (Å²) in [5.74, 6) is 0.688. The predicted octanol–water partition coefficient (Wildman–Crippen LogP) is 3.22. The lowest BCUT2D eigenvalue weighted by molar-refractivity contribution is -0.175. The van der Waals surface area contributed by atoms with Gasteiger partial charge in [-0.05, 0) is 31.6 Å². The summed E-state index contributed by atoms with van der Waals surface area (Å²) in [5.41, 5.74) is -1.36. The van der Waals surface area contributed by atoms with Crippen molar-refractivity contribution in [2.24, 2.45) is 22.7 Å². The third kappa shape index (κ3) is 2.60. The Labute approximate surface area is 110 Å². The second-order valence-electron chi connectivity index (χ2n) is 6.79. The Morgan fingerprint density at radius 1 is 1.28 bits per heavy atom. The Balaban J connectivity index is 2.93. The van der Waals surface area contributed by atoms with Crippen LogP contribution in [0, 0.1) is 22.7 Å².